The van der Waals surface area contributed by atoms with E-state index in [9.17, 15) is 19.5 Å². The molecule has 10 nitrogen and oxygen atoms in total. The second kappa shape index (κ2) is 13.4. The minimum absolute atomic E-state index is 0.00769. The SMILES string of the molecule is C=CCOC(=O)c1sc(N2C(=O)C(=O)C(=C(O)c3ccncc3)C2c2ccc(OCCC(C)C)c(OCC)c2)nc1C. The Bertz CT molecular complexity index is 1510. The van der Waals surface area contributed by atoms with Crippen molar-refractivity contribution in [2.45, 2.75) is 40.2 Å². The van der Waals surface area contributed by atoms with E-state index in [0.717, 1.165) is 17.8 Å². The number of pyridine rings is 1. The van der Waals surface area contributed by atoms with E-state index in [1.54, 1.807) is 37.3 Å². The van der Waals surface area contributed by atoms with Crippen LogP contribution in [0, 0.1) is 12.8 Å². The number of benzene rings is 1. The third-order valence-electron chi connectivity index (χ3n) is 6.44. The first-order chi connectivity index (χ1) is 20.2. The highest BCUT2D eigenvalue weighted by atomic mass is 32.1. The molecule has 1 N–H and O–H groups in total. The highest BCUT2D eigenvalue weighted by molar-refractivity contribution is 7.17. The molecule has 0 spiro atoms. The van der Waals surface area contributed by atoms with Crippen molar-refractivity contribution >= 4 is 39.9 Å². The fraction of sp³-hybridized carbons (Fsp3) is 0.323. The molecular formula is C31H33N3O7S. The highest BCUT2D eigenvalue weighted by Crippen LogP contribution is 2.45. The minimum atomic E-state index is -1.08. The van der Waals surface area contributed by atoms with Crippen LogP contribution in [0.1, 0.15) is 59.7 Å². The van der Waals surface area contributed by atoms with Crippen LogP contribution in [-0.4, -0.2) is 52.6 Å². The number of aryl methyl sites for hydroxylation is 1. The third-order valence-corrected chi connectivity index (χ3v) is 7.58. The van der Waals surface area contributed by atoms with Gasteiger partial charge in [-0.1, -0.05) is 43.9 Å². The summed E-state index contributed by atoms with van der Waals surface area (Å²) >= 11 is 0.923. The van der Waals surface area contributed by atoms with Gasteiger partial charge in [0.25, 0.3) is 5.78 Å². The Morgan fingerprint density at radius 2 is 1.90 bits per heavy atom. The van der Waals surface area contributed by atoms with Crippen molar-refractivity contribution in [1.82, 2.24) is 9.97 Å². The second-order valence-corrected chi connectivity index (χ2v) is 10.9. The van der Waals surface area contributed by atoms with Crippen LogP contribution in [-0.2, 0) is 14.3 Å². The normalized spacial score (nSPS) is 16.1. The zero-order valence-electron chi connectivity index (χ0n) is 24.0. The maximum Gasteiger partial charge on any atom is 0.350 e. The summed E-state index contributed by atoms with van der Waals surface area (Å²) in [5.74, 6) is -1.38. The second-order valence-electron chi connectivity index (χ2n) is 9.87. The van der Waals surface area contributed by atoms with E-state index in [2.05, 4.69) is 30.4 Å². The number of aliphatic hydroxyl groups excluding tert-OH is 1. The molecule has 1 aromatic carbocycles. The van der Waals surface area contributed by atoms with Gasteiger partial charge in [0, 0.05) is 18.0 Å². The van der Waals surface area contributed by atoms with Crippen molar-refractivity contribution in [2.75, 3.05) is 24.7 Å². The average molecular weight is 592 g/mol. The summed E-state index contributed by atoms with van der Waals surface area (Å²) in [4.78, 5) is 49.6. The summed E-state index contributed by atoms with van der Waals surface area (Å²) in [5.41, 5.74) is 0.997. The number of hydrogen-bond donors (Lipinski definition) is 1. The molecule has 3 aromatic rings. The number of aromatic nitrogens is 2. The van der Waals surface area contributed by atoms with E-state index in [-0.39, 0.29) is 27.9 Å². The smallest absolute Gasteiger partial charge is 0.350 e. The molecule has 1 saturated heterocycles. The van der Waals surface area contributed by atoms with Crippen molar-refractivity contribution < 1.29 is 33.7 Å². The van der Waals surface area contributed by atoms with Crippen molar-refractivity contribution in [3.63, 3.8) is 0 Å². The number of hydrogen-bond acceptors (Lipinski definition) is 10. The number of ketones is 1. The number of aliphatic hydroxyl groups is 1. The number of anilines is 1. The van der Waals surface area contributed by atoms with Crippen LogP contribution in [0.15, 0.2) is 61.0 Å². The predicted molar refractivity (Wildman–Crippen MR) is 159 cm³/mol. The fourth-order valence-electron chi connectivity index (χ4n) is 4.37. The van der Waals surface area contributed by atoms with Gasteiger partial charge in [-0.05, 0) is 56.0 Å². The molecule has 0 aliphatic carbocycles. The molecule has 4 rings (SSSR count). The quantitative estimate of drug-likeness (QED) is 0.0936. The Labute approximate surface area is 248 Å². The van der Waals surface area contributed by atoms with Gasteiger partial charge in [-0.25, -0.2) is 9.78 Å². The van der Waals surface area contributed by atoms with E-state index in [0.29, 0.717) is 47.5 Å². The number of Topliss-reactive ketones (excluding diaryl/α,β-unsaturated/α-hetero) is 1. The van der Waals surface area contributed by atoms with Crippen LogP contribution in [0.4, 0.5) is 5.13 Å². The zero-order valence-corrected chi connectivity index (χ0v) is 24.8. The monoisotopic (exact) mass is 591 g/mol. The lowest BCUT2D eigenvalue weighted by atomic mass is 9.95. The van der Waals surface area contributed by atoms with Gasteiger partial charge in [0.2, 0.25) is 0 Å². The Hall–Kier alpha value is -4.51. The van der Waals surface area contributed by atoms with Gasteiger partial charge < -0.3 is 19.3 Å². The molecule has 0 saturated carbocycles. The lowest BCUT2D eigenvalue weighted by molar-refractivity contribution is -0.132. The number of nitrogens with zero attached hydrogens (tertiary/aromatic N) is 3. The molecule has 1 aliphatic heterocycles. The van der Waals surface area contributed by atoms with Crippen molar-refractivity contribution in [2.24, 2.45) is 5.92 Å². The van der Waals surface area contributed by atoms with Crippen LogP contribution in [0.5, 0.6) is 11.5 Å². The molecule has 11 heteroatoms. The van der Waals surface area contributed by atoms with Crippen molar-refractivity contribution in [3.8, 4) is 11.5 Å². The highest BCUT2D eigenvalue weighted by Gasteiger charge is 2.48. The standard InChI is InChI=1S/C31H33N3O7S/c1-6-15-41-30(38)28-19(5)33-31(42-28)34-25(24(27(36)29(34)37)26(35)20-10-13-32-14-11-20)21-8-9-22(23(17-21)39-7-2)40-16-12-18(3)4/h6,8-11,13-14,17-18,25,35H,1,7,12,15-16H2,2-5H3. The minimum Gasteiger partial charge on any atom is -0.507 e. The number of thiazole rings is 1. The van der Waals surface area contributed by atoms with Gasteiger partial charge >= 0.3 is 11.9 Å². The Morgan fingerprint density at radius 1 is 1.17 bits per heavy atom. The number of rotatable bonds is 12. The van der Waals surface area contributed by atoms with E-state index >= 15 is 0 Å². The molecule has 1 amide bonds. The molecule has 1 fully saturated rings. The van der Waals surface area contributed by atoms with Crippen molar-refractivity contribution in [3.05, 3.63) is 82.7 Å². The molecule has 1 unspecified atom stereocenters. The summed E-state index contributed by atoms with van der Waals surface area (Å²) in [7, 11) is 0. The molecule has 1 atom stereocenters. The van der Waals surface area contributed by atoms with Crippen LogP contribution in [0.25, 0.3) is 5.76 Å². The molecule has 2 aromatic heterocycles. The Morgan fingerprint density at radius 3 is 2.57 bits per heavy atom. The molecule has 0 radical (unpaired) electrons. The largest absolute Gasteiger partial charge is 0.507 e. The van der Waals surface area contributed by atoms with Gasteiger partial charge in [-0.15, -0.1) is 0 Å². The fourth-order valence-corrected chi connectivity index (χ4v) is 5.36. The number of carbonyl (C=O) groups is 3. The van der Waals surface area contributed by atoms with Crippen molar-refractivity contribution in [1.29, 1.82) is 0 Å². The van der Waals surface area contributed by atoms with Crippen LogP contribution in [0.3, 0.4) is 0 Å². The molecule has 3 heterocycles. The number of ether oxygens (including phenoxy) is 3. The topological polar surface area (TPSA) is 128 Å². The van der Waals surface area contributed by atoms with E-state index < -0.39 is 23.7 Å². The first-order valence-electron chi connectivity index (χ1n) is 13.5. The molecule has 42 heavy (non-hydrogen) atoms. The van der Waals surface area contributed by atoms with E-state index in [1.165, 1.54) is 23.4 Å². The summed E-state index contributed by atoms with van der Waals surface area (Å²) in [6.45, 7) is 12.1. The Kier molecular flexibility index (Phi) is 9.74. The van der Waals surface area contributed by atoms with E-state index in [1.807, 2.05) is 6.92 Å². The summed E-state index contributed by atoms with van der Waals surface area (Å²) in [5, 5.41) is 11.4. The average Bonchev–Trinajstić information content (AvgIpc) is 3.48. The number of amides is 1. The first-order valence-corrected chi connectivity index (χ1v) is 14.4. The van der Waals surface area contributed by atoms with Gasteiger partial charge in [-0.2, -0.15) is 0 Å². The molecule has 0 bridgehead atoms. The zero-order chi connectivity index (χ0) is 30.4. The van der Waals surface area contributed by atoms with E-state index in [4.69, 9.17) is 14.2 Å². The third kappa shape index (κ3) is 6.36. The number of esters is 1. The maximum absolute atomic E-state index is 13.6. The van der Waals surface area contributed by atoms with Crippen LogP contribution < -0.4 is 14.4 Å². The van der Waals surface area contributed by atoms with Gasteiger partial charge in [0.05, 0.1) is 30.5 Å². The summed E-state index contributed by atoms with van der Waals surface area (Å²) < 4.78 is 17.0. The van der Waals surface area contributed by atoms with Crippen LogP contribution in [0.2, 0.25) is 0 Å². The van der Waals surface area contributed by atoms with Gasteiger partial charge in [0.15, 0.2) is 16.6 Å². The lowest BCUT2D eigenvalue weighted by Gasteiger charge is -2.24. The number of carbonyl (C=O) groups excluding carboxylic acids is 3. The molecule has 220 valence electrons. The maximum atomic E-state index is 13.6. The predicted octanol–water partition coefficient (Wildman–Crippen LogP) is 5.64. The van der Waals surface area contributed by atoms with Gasteiger partial charge in [0.1, 0.15) is 17.2 Å². The lowest BCUT2D eigenvalue weighted by Crippen LogP contribution is -2.29. The van der Waals surface area contributed by atoms with Gasteiger partial charge in [-0.3, -0.25) is 19.5 Å². The summed E-state index contributed by atoms with van der Waals surface area (Å²) in [6.07, 6.45) is 5.24. The molecule has 1 aliphatic rings. The molecular weight excluding hydrogens is 558 g/mol. The summed E-state index contributed by atoms with van der Waals surface area (Å²) in [6, 6.07) is 7.13. The van der Waals surface area contributed by atoms with Crippen LogP contribution >= 0.6 is 11.3 Å². The Balaban J connectivity index is 1.86. The first kappa shape index (κ1) is 30.4.